The number of aliphatic hydroxyl groups is 2. The molecule has 0 amide bonds. The fourth-order valence-corrected chi connectivity index (χ4v) is 1.70. The molecule has 2 N–H and O–H groups in total. The third-order valence-corrected chi connectivity index (χ3v) is 2.37. The predicted octanol–water partition coefficient (Wildman–Crippen LogP) is -1.81. The Kier molecular flexibility index (Phi) is 0.919. The zero-order chi connectivity index (χ0) is 7.64. The Morgan fingerprint density at radius 1 is 1.27 bits per heavy atom. The number of hydrogen-bond acceptors (Lipinski definition) is 5. The average Bonchev–Trinajstić information content (AvgIpc) is 2.62. The number of fused-ring (bicyclic) bond motifs is 4. The zero-order valence-corrected chi connectivity index (χ0v) is 5.64. The minimum Gasteiger partial charge on any atom is -0.361 e. The van der Waals surface area contributed by atoms with Crippen molar-refractivity contribution in [3.05, 3.63) is 0 Å². The second-order valence-corrected chi connectivity index (χ2v) is 3.14. The summed E-state index contributed by atoms with van der Waals surface area (Å²) in [6.45, 7) is 0.398. The fourth-order valence-electron chi connectivity index (χ4n) is 1.70. The highest BCUT2D eigenvalue weighted by Crippen LogP contribution is 2.45. The van der Waals surface area contributed by atoms with Crippen LogP contribution in [0.3, 0.4) is 0 Å². The molecule has 3 saturated heterocycles. The molecule has 5 nitrogen and oxygen atoms in total. The van der Waals surface area contributed by atoms with E-state index in [0.29, 0.717) is 6.61 Å². The van der Waals surface area contributed by atoms with Crippen molar-refractivity contribution in [2.24, 2.45) is 0 Å². The maximum absolute atomic E-state index is 9.35. The van der Waals surface area contributed by atoms with Gasteiger partial charge in [0.2, 0.25) is 12.1 Å². The normalized spacial score (nSPS) is 57.3. The van der Waals surface area contributed by atoms with Crippen LogP contribution in [0.2, 0.25) is 0 Å². The lowest BCUT2D eigenvalue weighted by atomic mass is 10.1. The Hall–Kier alpha value is -0.200. The fraction of sp³-hybridized carbons (Fsp3) is 1.00. The molecule has 0 spiro atoms. The van der Waals surface area contributed by atoms with Crippen molar-refractivity contribution in [1.82, 2.24) is 0 Å². The van der Waals surface area contributed by atoms with Gasteiger partial charge in [-0.3, -0.25) is 0 Å². The highest BCUT2D eigenvalue weighted by molar-refractivity contribution is 5.07. The van der Waals surface area contributed by atoms with E-state index < -0.39 is 18.2 Å². The third-order valence-electron chi connectivity index (χ3n) is 2.37. The molecule has 3 fully saturated rings. The lowest BCUT2D eigenvalue weighted by Crippen LogP contribution is -2.52. The Labute approximate surface area is 62.5 Å². The number of epoxide rings is 1. The van der Waals surface area contributed by atoms with E-state index in [1.165, 1.54) is 0 Å². The molecule has 4 unspecified atom stereocenters. The van der Waals surface area contributed by atoms with Crippen LogP contribution in [-0.2, 0) is 14.2 Å². The Balaban J connectivity index is 1.97. The van der Waals surface area contributed by atoms with Gasteiger partial charge in [0.1, 0.15) is 18.3 Å². The molecule has 0 saturated carbocycles. The van der Waals surface area contributed by atoms with Crippen molar-refractivity contribution < 1.29 is 24.4 Å². The Morgan fingerprint density at radius 3 is 2.91 bits per heavy atom. The second-order valence-electron chi connectivity index (χ2n) is 3.14. The SMILES string of the molecule is OC1(O)C2OCC(O2)C2OC21. The van der Waals surface area contributed by atoms with Gasteiger partial charge in [-0.1, -0.05) is 0 Å². The smallest absolute Gasteiger partial charge is 0.245 e. The Bertz CT molecular complexity index is 203. The number of hydrogen-bond donors (Lipinski definition) is 2. The van der Waals surface area contributed by atoms with Crippen LogP contribution in [-0.4, -0.2) is 47.2 Å². The van der Waals surface area contributed by atoms with Gasteiger partial charge in [-0.15, -0.1) is 0 Å². The van der Waals surface area contributed by atoms with Crippen LogP contribution in [0, 0.1) is 0 Å². The van der Waals surface area contributed by atoms with Gasteiger partial charge in [0, 0.05) is 0 Å². The molecule has 2 bridgehead atoms. The summed E-state index contributed by atoms with van der Waals surface area (Å²) < 4.78 is 15.1. The van der Waals surface area contributed by atoms with Crippen molar-refractivity contribution in [2.75, 3.05) is 6.61 Å². The largest absolute Gasteiger partial charge is 0.361 e. The number of rotatable bonds is 0. The van der Waals surface area contributed by atoms with Crippen molar-refractivity contribution >= 4 is 0 Å². The van der Waals surface area contributed by atoms with Crippen LogP contribution in [0.25, 0.3) is 0 Å². The standard InChI is InChI=1S/C6H8O5/c7-6(8)4-3(11-4)2-1-9-5(6)10-2/h2-5,7-8H,1H2. The van der Waals surface area contributed by atoms with Crippen molar-refractivity contribution in [3.8, 4) is 0 Å². The van der Waals surface area contributed by atoms with E-state index in [1.807, 2.05) is 0 Å². The molecular formula is C6H8O5. The Morgan fingerprint density at radius 2 is 2.09 bits per heavy atom. The van der Waals surface area contributed by atoms with Gasteiger partial charge >= 0.3 is 0 Å². The lowest BCUT2D eigenvalue weighted by molar-refractivity contribution is -0.303. The molecule has 0 aromatic heterocycles. The molecule has 0 aromatic carbocycles. The lowest BCUT2D eigenvalue weighted by Gasteiger charge is -2.27. The molecule has 4 atom stereocenters. The summed E-state index contributed by atoms with van der Waals surface area (Å²) in [7, 11) is 0. The monoisotopic (exact) mass is 160 g/mol. The van der Waals surface area contributed by atoms with Crippen LogP contribution in [0.15, 0.2) is 0 Å². The highest BCUT2D eigenvalue weighted by atomic mass is 16.8. The van der Waals surface area contributed by atoms with Crippen molar-refractivity contribution in [1.29, 1.82) is 0 Å². The molecule has 3 rings (SSSR count). The summed E-state index contributed by atoms with van der Waals surface area (Å²) >= 11 is 0. The van der Waals surface area contributed by atoms with Gasteiger partial charge in [-0.25, -0.2) is 0 Å². The third kappa shape index (κ3) is 0.629. The van der Waals surface area contributed by atoms with E-state index in [9.17, 15) is 10.2 Å². The van der Waals surface area contributed by atoms with Gasteiger partial charge in [0.05, 0.1) is 6.61 Å². The zero-order valence-electron chi connectivity index (χ0n) is 5.64. The molecule has 3 aliphatic heterocycles. The molecule has 5 heteroatoms. The molecule has 0 radical (unpaired) electrons. The van der Waals surface area contributed by atoms with Crippen molar-refractivity contribution in [3.63, 3.8) is 0 Å². The van der Waals surface area contributed by atoms with Gasteiger partial charge < -0.3 is 24.4 Å². The van der Waals surface area contributed by atoms with Crippen LogP contribution >= 0.6 is 0 Å². The van der Waals surface area contributed by atoms with Gasteiger partial charge in [0.15, 0.2) is 0 Å². The summed E-state index contributed by atoms with van der Waals surface area (Å²) in [6.07, 6.45) is -1.70. The quantitative estimate of drug-likeness (QED) is 0.323. The van der Waals surface area contributed by atoms with Gasteiger partial charge in [0.25, 0.3) is 0 Å². The summed E-state index contributed by atoms with van der Waals surface area (Å²) in [5.41, 5.74) is 0. The summed E-state index contributed by atoms with van der Waals surface area (Å²) in [6, 6.07) is 0. The topological polar surface area (TPSA) is 71.5 Å². The highest BCUT2D eigenvalue weighted by Gasteiger charge is 2.69. The average molecular weight is 160 g/mol. The summed E-state index contributed by atoms with van der Waals surface area (Å²) in [5, 5.41) is 18.7. The predicted molar refractivity (Wildman–Crippen MR) is 30.4 cm³/mol. The molecule has 62 valence electrons. The van der Waals surface area contributed by atoms with E-state index >= 15 is 0 Å². The second kappa shape index (κ2) is 1.60. The minimum absolute atomic E-state index is 0.0996. The van der Waals surface area contributed by atoms with Crippen LogP contribution in [0.4, 0.5) is 0 Å². The minimum atomic E-state index is -1.95. The molecule has 0 aliphatic carbocycles. The first kappa shape index (κ1) is 6.33. The van der Waals surface area contributed by atoms with Crippen LogP contribution in [0.1, 0.15) is 0 Å². The summed E-state index contributed by atoms with van der Waals surface area (Å²) in [4.78, 5) is 0. The van der Waals surface area contributed by atoms with Gasteiger partial charge in [-0.2, -0.15) is 0 Å². The van der Waals surface area contributed by atoms with E-state index in [1.54, 1.807) is 0 Å². The first-order valence-electron chi connectivity index (χ1n) is 3.57. The maximum Gasteiger partial charge on any atom is 0.245 e. The molecular weight excluding hydrogens is 152 g/mol. The van der Waals surface area contributed by atoms with E-state index in [-0.39, 0.29) is 12.2 Å². The molecule has 11 heavy (non-hydrogen) atoms. The first-order valence-corrected chi connectivity index (χ1v) is 3.57. The molecule has 3 aliphatic rings. The van der Waals surface area contributed by atoms with E-state index in [4.69, 9.17) is 14.2 Å². The van der Waals surface area contributed by atoms with Crippen LogP contribution < -0.4 is 0 Å². The van der Waals surface area contributed by atoms with Gasteiger partial charge in [-0.05, 0) is 0 Å². The van der Waals surface area contributed by atoms with E-state index in [0.717, 1.165) is 0 Å². The number of ether oxygens (including phenoxy) is 3. The van der Waals surface area contributed by atoms with E-state index in [2.05, 4.69) is 0 Å². The van der Waals surface area contributed by atoms with Crippen molar-refractivity contribution in [2.45, 2.75) is 30.4 Å². The molecule has 0 aromatic rings. The molecule has 3 heterocycles. The van der Waals surface area contributed by atoms with Crippen LogP contribution in [0.5, 0.6) is 0 Å². The first-order chi connectivity index (χ1) is 5.19. The maximum atomic E-state index is 9.35. The summed E-state index contributed by atoms with van der Waals surface area (Å²) in [5.74, 6) is -1.95.